The molecule has 6 heteroatoms. The van der Waals surface area contributed by atoms with Gasteiger partial charge in [0, 0.05) is 12.1 Å². The Balaban J connectivity index is 1.85. The minimum Gasteiger partial charge on any atom is -0.406 e. The normalized spacial score (nSPS) is 16.1. The summed E-state index contributed by atoms with van der Waals surface area (Å²) < 4.78 is 39.7. The fraction of sp³-hybridized carbons (Fsp3) is 0.500. The monoisotopic (exact) mass is 287 g/mol. The number of anilines is 1. The third kappa shape index (κ3) is 4.75. The van der Waals surface area contributed by atoms with Gasteiger partial charge < -0.3 is 10.1 Å². The number of hydrogen-bond donors (Lipinski definition) is 1. The van der Waals surface area contributed by atoms with Crippen molar-refractivity contribution in [2.24, 2.45) is 5.92 Å². The molecule has 2 rings (SSSR count). The molecule has 0 radical (unpaired) electrons. The topological polar surface area (TPSA) is 38.3 Å². The Kier molecular flexibility index (Phi) is 4.52. The van der Waals surface area contributed by atoms with Crippen molar-refractivity contribution in [3.63, 3.8) is 0 Å². The lowest BCUT2D eigenvalue weighted by molar-refractivity contribution is -0.274. The van der Waals surface area contributed by atoms with Gasteiger partial charge in [-0.15, -0.1) is 13.2 Å². The molecule has 1 aliphatic rings. The van der Waals surface area contributed by atoms with Crippen LogP contribution in [0, 0.1) is 5.92 Å². The average Bonchev–Trinajstić information content (AvgIpc) is 2.82. The van der Waals surface area contributed by atoms with E-state index in [1.54, 1.807) is 0 Å². The van der Waals surface area contributed by atoms with Crippen molar-refractivity contribution < 1.29 is 22.7 Å². The number of rotatable bonds is 4. The zero-order valence-electron chi connectivity index (χ0n) is 10.9. The van der Waals surface area contributed by atoms with Crippen LogP contribution in [0.1, 0.15) is 32.1 Å². The van der Waals surface area contributed by atoms with Crippen molar-refractivity contribution in [1.29, 1.82) is 0 Å². The maximum absolute atomic E-state index is 12.0. The van der Waals surface area contributed by atoms with Crippen LogP contribution < -0.4 is 10.1 Å². The van der Waals surface area contributed by atoms with Crippen LogP contribution in [-0.2, 0) is 4.79 Å². The first-order valence-corrected chi connectivity index (χ1v) is 6.58. The van der Waals surface area contributed by atoms with Gasteiger partial charge in [-0.05, 0) is 43.0 Å². The van der Waals surface area contributed by atoms with E-state index in [1.807, 2.05) is 0 Å². The Morgan fingerprint density at radius 3 is 2.35 bits per heavy atom. The number of nitrogens with one attached hydrogen (secondary N) is 1. The number of hydrogen-bond acceptors (Lipinski definition) is 2. The van der Waals surface area contributed by atoms with Gasteiger partial charge in [0.2, 0.25) is 5.91 Å². The van der Waals surface area contributed by atoms with E-state index < -0.39 is 6.36 Å². The minimum atomic E-state index is -4.70. The van der Waals surface area contributed by atoms with Crippen molar-refractivity contribution in [2.75, 3.05) is 5.32 Å². The Morgan fingerprint density at radius 2 is 1.80 bits per heavy atom. The van der Waals surface area contributed by atoms with E-state index >= 15 is 0 Å². The molecule has 0 heterocycles. The average molecular weight is 287 g/mol. The van der Waals surface area contributed by atoms with Gasteiger partial charge in [0.1, 0.15) is 5.75 Å². The predicted molar refractivity (Wildman–Crippen MR) is 68.3 cm³/mol. The number of carbonyl (C=O) groups excluding carboxylic acids is 1. The van der Waals surface area contributed by atoms with Crippen LogP contribution >= 0.6 is 0 Å². The number of amides is 1. The molecule has 0 bridgehead atoms. The molecule has 1 aliphatic carbocycles. The van der Waals surface area contributed by atoms with E-state index in [2.05, 4.69) is 10.1 Å². The molecule has 20 heavy (non-hydrogen) atoms. The summed E-state index contributed by atoms with van der Waals surface area (Å²) in [5.74, 6) is 0.0375. The van der Waals surface area contributed by atoms with Crippen LogP contribution in [-0.4, -0.2) is 12.3 Å². The molecule has 0 spiro atoms. The second-order valence-electron chi connectivity index (χ2n) is 4.97. The summed E-state index contributed by atoms with van der Waals surface area (Å²) in [5, 5.41) is 2.68. The fourth-order valence-corrected chi connectivity index (χ4v) is 2.43. The van der Waals surface area contributed by atoms with Crippen LogP contribution in [0.4, 0.5) is 18.9 Å². The molecule has 0 atom stereocenters. The highest BCUT2D eigenvalue weighted by Crippen LogP contribution is 2.28. The first kappa shape index (κ1) is 14.7. The highest BCUT2D eigenvalue weighted by Gasteiger charge is 2.31. The Bertz CT molecular complexity index is 450. The Labute approximate surface area is 115 Å². The lowest BCUT2D eigenvalue weighted by Crippen LogP contribution is -2.17. The summed E-state index contributed by atoms with van der Waals surface area (Å²) in [5.41, 5.74) is 0.475. The summed E-state index contributed by atoms with van der Waals surface area (Å²) in [6.07, 6.45) is 0.258. The SMILES string of the molecule is O=C(CC1CCCC1)Nc1ccc(OC(F)(F)F)cc1. The Hall–Kier alpha value is -1.72. The molecular formula is C14H16F3NO2. The van der Waals surface area contributed by atoms with Crippen molar-refractivity contribution in [3.05, 3.63) is 24.3 Å². The molecule has 1 N–H and O–H groups in total. The van der Waals surface area contributed by atoms with Gasteiger partial charge in [-0.2, -0.15) is 0 Å². The summed E-state index contributed by atoms with van der Waals surface area (Å²) >= 11 is 0. The number of benzene rings is 1. The van der Waals surface area contributed by atoms with E-state index in [0.717, 1.165) is 12.8 Å². The van der Waals surface area contributed by atoms with Crippen LogP contribution in [0.15, 0.2) is 24.3 Å². The summed E-state index contributed by atoms with van der Waals surface area (Å²) in [7, 11) is 0. The van der Waals surface area contributed by atoms with Crippen molar-refractivity contribution in [2.45, 2.75) is 38.5 Å². The standard InChI is InChI=1S/C14H16F3NO2/c15-14(16,17)20-12-7-5-11(6-8-12)18-13(19)9-10-3-1-2-4-10/h5-8,10H,1-4,9H2,(H,18,19). The zero-order valence-corrected chi connectivity index (χ0v) is 10.9. The third-order valence-corrected chi connectivity index (χ3v) is 3.32. The van der Waals surface area contributed by atoms with Gasteiger partial charge in [0.25, 0.3) is 0 Å². The van der Waals surface area contributed by atoms with Crippen LogP contribution in [0.3, 0.4) is 0 Å². The lowest BCUT2D eigenvalue weighted by atomic mass is 10.0. The summed E-state index contributed by atoms with van der Waals surface area (Å²) in [6.45, 7) is 0. The lowest BCUT2D eigenvalue weighted by Gasteiger charge is -2.11. The summed E-state index contributed by atoms with van der Waals surface area (Å²) in [6, 6.07) is 5.15. The molecule has 1 saturated carbocycles. The van der Waals surface area contributed by atoms with E-state index in [4.69, 9.17) is 0 Å². The van der Waals surface area contributed by atoms with Crippen molar-refractivity contribution in [1.82, 2.24) is 0 Å². The molecule has 0 unspecified atom stereocenters. The molecule has 3 nitrogen and oxygen atoms in total. The first-order valence-electron chi connectivity index (χ1n) is 6.58. The van der Waals surface area contributed by atoms with Crippen molar-refractivity contribution >= 4 is 11.6 Å². The van der Waals surface area contributed by atoms with E-state index in [9.17, 15) is 18.0 Å². The van der Waals surface area contributed by atoms with E-state index in [-0.39, 0.29) is 11.7 Å². The van der Waals surface area contributed by atoms with Gasteiger partial charge in [-0.3, -0.25) is 4.79 Å². The molecular weight excluding hydrogens is 271 g/mol. The maximum Gasteiger partial charge on any atom is 0.573 e. The molecule has 110 valence electrons. The van der Waals surface area contributed by atoms with Gasteiger partial charge in [0.05, 0.1) is 0 Å². The van der Waals surface area contributed by atoms with Crippen LogP contribution in [0.25, 0.3) is 0 Å². The number of halogens is 3. The molecule has 1 aromatic rings. The predicted octanol–water partition coefficient (Wildman–Crippen LogP) is 4.10. The maximum atomic E-state index is 12.0. The van der Waals surface area contributed by atoms with Gasteiger partial charge in [0.15, 0.2) is 0 Å². The molecule has 1 amide bonds. The minimum absolute atomic E-state index is 0.0959. The third-order valence-electron chi connectivity index (χ3n) is 3.32. The molecule has 1 aromatic carbocycles. The van der Waals surface area contributed by atoms with Crippen LogP contribution in [0.2, 0.25) is 0 Å². The van der Waals surface area contributed by atoms with Gasteiger partial charge in [-0.25, -0.2) is 0 Å². The Morgan fingerprint density at radius 1 is 1.20 bits per heavy atom. The molecule has 1 fully saturated rings. The number of alkyl halides is 3. The van der Waals surface area contributed by atoms with E-state index in [0.29, 0.717) is 18.0 Å². The molecule has 0 aliphatic heterocycles. The smallest absolute Gasteiger partial charge is 0.406 e. The highest BCUT2D eigenvalue weighted by atomic mass is 19.4. The molecule has 0 aromatic heterocycles. The highest BCUT2D eigenvalue weighted by molar-refractivity contribution is 5.90. The zero-order chi connectivity index (χ0) is 14.6. The van der Waals surface area contributed by atoms with Gasteiger partial charge in [-0.1, -0.05) is 12.8 Å². The second-order valence-corrected chi connectivity index (χ2v) is 4.97. The largest absolute Gasteiger partial charge is 0.573 e. The first-order chi connectivity index (χ1) is 9.42. The number of carbonyl (C=O) groups is 1. The molecule has 0 saturated heterocycles. The quantitative estimate of drug-likeness (QED) is 0.905. The number of ether oxygens (including phenoxy) is 1. The van der Waals surface area contributed by atoms with Crippen LogP contribution in [0.5, 0.6) is 5.75 Å². The van der Waals surface area contributed by atoms with E-state index in [1.165, 1.54) is 37.1 Å². The summed E-state index contributed by atoms with van der Waals surface area (Å²) in [4.78, 5) is 11.8. The van der Waals surface area contributed by atoms with Gasteiger partial charge >= 0.3 is 6.36 Å². The fourth-order valence-electron chi connectivity index (χ4n) is 2.43. The van der Waals surface area contributed by atoms with Crippen molar-refractivity contribution in [3.8, 4) is 5.75 Å². The second kappa shape index (κ2) is 6.15.